The molecule has 0 aliphatic carbocycles. The zero-order valence-corrected chi connectivity index (χ0v) is 10.8. The van der Waals surface area contributed by atoms with Crippen LogP contribution in [0.25, 0.3) is 0 Å². The summed E-state index contributed by atoms with van der Waals surface area (Å²) in [5, 5.41) is 3.94. The molecule has 2 N–H and O–H groups in total. The van der Waals surface area contributed by atoms with E-state index in [1.165, 1.54) is 45.4 Å². The van der Waals surface area contributed by atoms with Crippen LogP contribution in [0.4, 0.5) is 0 Å². The number of likely N-dealkylation sites (tertiary alicyclic amines) is 2. The quantitative estimate of drug-likeness (QED) is 0.856. The summed E-state index contributed by atoms with van der Waals surface area (Å²) in [7, 11) is 0. The van der Waals surface area contributed by atoms with Gasteiger partial charge in [0, 0.05) is 31.7 Å². The van der Waals surface area contributed by atoms with Crippen LogP contribution in [0, 0.1) is 0 Å². The van der Waals surface area contributed by atoms with Crippen molar-refractivity contribution in [3.63, 3.8) is 0 Å². The molecule has 5 nitrogen and oxygen atoms in total. The van der Waals surface area contributed by atoms with Gasteiger partial charge in [-0.3, -0.25) is 9.80 Å². The summed E-state index contributed by atoms with van der Waals surface area (Å²) < 4.78 is 5.29. The van der Waals surface area contributed by atoms with Crippen molar-refractivity contribution in [3.8, 4) is 0 Å². The van der Waals surface area contributed by atoms with E-state index in [9.17, 15) is 0 Å². The van der Waals surface area contributed by atoms with Crippen LogP contribution in [0.1, 0.15) is 30.7 Å². The predicted octanol–water partition coefficient (Wildman–Crippen LogP) is 0.803. The maximum absolute atomic E-state index is 5.53. The summed E-state index contributed by atoms with van der Waals surface area (Å²) in [4.78, 5) is 5.11. The Morgan fingerprint density at radius 3 is 2.89 bits per heavy atom. The van der Waals surface area contributed by atoms with Crippen LogP contribution >= 0.6 is 0 Å². The number of hydrogen-bond acceptors (Lipinski definition) is 5. The third-order valence-corrected chi connectivity index (χ3v) is 4.10. The Bertz CT molecular complexity index is 386. The number of nitrogens with zero attached hydrogens (tertiary/aromatic N) is 3. The predicted molar refractivity (Wildman–Crippen MR) is 68.9 cm³/mol. The van der Waals surface area contributed by atoms with E-state index in [-0.39, 0.29) is 0 Å². The molecule has 5 heteroatoms. The lowest BCUT2D eigenvalue weighted by Gasteiger charge is -2.23. The summed E-state index contributed by atoms with van der Waals surface area (Å²) in [5.74, 6) is 0.942. The molecule has 3 rings (SSSR count). The molecular formula is C13H22N4O. The van der Waals surface area contributed by atoms with Gasteiger partial charge in [0.15, 0.2) is 5.76 Å². The first-order valence-corrected chi connectivity index (χ1v) is 6.96. The van der Waals surface area contributed by atoms with Crippen molar-refractivity contribution in [2.75, 3.05) is 26.2 Å². The van der Waals surface area contributed by atoms with Gasteiger partial charge in [0.2, 0.25) is 0 Å². The monoisotopic (exact) mass is 250 g/mol. The largest absolute Gasteiger partial charge is 0.360 e. The van der Waals surface area contributed by atoms with Gasteiger partial charge in [-0.05, 0) is 32.4 Å². The molecule has 0 amide bonds. The van der Waals surface area contributed by atoms with Gasteiger partial charge in [0.1, 0.15) is 0 Å². The van der Waals surface area contributed by atoms with Gasteiger partial charge in [0.25, 0.3) is 0 Å². The first-order valence-electron chi connectivity index (χ1n) is 6.96. The standard InChI is InChI=1S/C13H22N4O/c14-8-11-7-13(18-15-11)10-16-6-3-12(9-16)17-4-1-2-5-17/h7,12H,1-6,8-10,14H2. The number of nitrogens with two attached hydrogens (primary N) is 1. The minimum Gasteiger partial charge on any atom is -0.360 e. The molecule has 100 valence electrons. The molecule has 2 aliphatic rings. The molecule has 2 fully saturated rings. The van der Waals surface area contributed by atoms with E-state index in [4.69, 9.17) is 10.3 Å². The first-order chi connectivity index (χ1) is 8.85. The van der Waals surface area contributed by atoms with Crippen molar-refractivity contribution in [3.05, 3.63) is 17.5 Å². The molecule has 1 aromatic heterocycles. The summed E-state index contributed by atoms with van der Waals surface area (Å²) in [6.45, 7) is 6.24. The number of aromatic nitrogens is 1. The second-order valence-corrected chi connectivity index (χ2v) is 5.41. The summed E-state index contributed by atoms with van der Waals surface area (Å²) in [6.07, 6.45) is 4.04. The van der Waals surface area contributed by atoms with Crippen molar-refractivity contribution >= 4 is 0 Å². The molecule has 1 atom stereocenters. The number of hydrogen-bond donors (Lipinski definition) is 1. The van der Waals surface area contributed by atoms with Gasteiger partial charge in [0.05, 0.1) is 12.2 Å². The highest BCUT2D eigenvalue weighted by molar-refractivity contribution is 5.05. The summed E-state index contributed by atoms with van der Waals surface area (Å²) in [5.41, 5.74) is 6.38. The van der Waals surface area contributed by atoms with Crippen molar-refractivity contribution in [1.82, 2.24) is 15.0 Å². The Kier molecular flexibility index (Phi) is 3.63. The average Bonchev–Trinajstić information content (AvgIpc) is 3.10. The molecule has 0 bridgehead atoms. The van der Waals surface area contributed by atoms with Crippen LogP contribution in [0.3, 0.4) is 0 Å². The van der Waals surface area contributed by atoms with Crippen LogP contribution in [0.2, 0.25) is 0 Å². The highest BCUT2D eigenvalue weighted by Crippen LogP contribution is 2.21. The van der Waals surface area contributed by atoms with Gasteiger partial charge in [-0.25, -0.2) is 0 Å². The molecule has 3 heterocycles. The fourth-order valence-corrected chi connectivity index (χ4v) is 3.11. The Hall–Kier alpha value is -0.910. The van der Waals surface area contributed by atoms with Gasteiger partial charge in [-0.1, -0.05) is 5.16 Å². The van der Waals surface area contributed by atoms with Crippen molar-refractivity contribution in [1.29, 1.82) is 0 Å². The molecule has 2 aliphatic heterocycles. The third kappa shape index (κ3) is 2.58. The van der Waals surface area contributed by atoms with Crippen LogP contribution in [0.15, 0.2) is 10.6 Å². The lowest BCUT2D eigenvalue weighted by molar-refractivity contribution is 0.219. The lowest BCUT2D eigenvalue weighted by Crippen LogP contribution is -2.35. The minimum atomic E-state index is 0.458. The first kappa shape index (κ1) is 12.1. The molecule has 0 saturated carbocycles. The van der Waals surface area contributed by atoms with E-state index in [0.717, 1.165) is 24.0 Å². The van der Waals surface area contributed by atoms with E-state index in [1.807, 2.05) is 6.07 Å². The van der Waals surface area contributed by atoms with E-state index in [0.29, 0.717) is 6.54 Å². The average molecular weight is 250 g/mol. The maximum atomic E-state index is 5.53. The van der Waals surface area contributed by atoms with E-state index in [2.05, 4.69) is 15.0 Å². The Balaban J connectivity index is 1.52. The molecule has 0 aromatic carbocycles. The minimum absolute atomic E-state index is 0.458. The third-order valence-electron chi connectivity index (χ3n) is 4.10. The highest BCUT2D eigenvalue weighted by Gasteiger charge is 2.29. The van der Waals surface area contributed by atoms with Gasteiger partial charge < -0.3 is 10.3 Å². The van der Waals surface area contributed by atoms with E-state index >= 15 is 0 Å². The van der Waals surface area contributed by atoms with Crippen LogP contribution in [-0.4, -0.2) is 47.2 Å². The summed E-state index contributed by atoms with van der Waals surface area (Å²) in [6, 6.07) is 2.73. The van der Waals surface area contributed by atoms with Gasteiger partial charge >= 0.3 is 0 Å². The molecule has 1 unspecified atom stereocenters. The van der Waals surface area contributed by atoms with Gasteiger partial charge in [-0.15, -0.1) is 0 Å². The fourth-order valence-electron chi connectivity index (χ4n) is 3.11. The normalized spacial score (nSPS) is 26.2. The molecule has 0 spiro atoms. The number of rotatable bonds is 4. The second kappa shape index (κ2) is 5.38. The summed E-state index contributed by atoms with van der Waals surface area (Å²) >= 11 is 0. The Morgan fingerprint density at radius 1 is 1.33 bits per heavy atom. The molecular weight excluding hydrogens is 228 g/mol. The highest BCUT2D eigenvalue weighted by atomic mass is 16.5. The smallest absolute Gasteiger partial charge is 0.151 e. The second-order valence-electron chi connectivity index (χ2n) is 5.41. The zero-order chi connectivity index (χ0) is 12.4. The molecule has 1 aromatic rings. The van der Waals surface area contributed by atoms with Crippen LogP contribution in [-0.2, 0) is 13.1 Å². The Morgan fingerprint density at radius 2 is 2.17 bits per heavy atom. The zero-order valence-electron chi connectivity index (χ0n) is 10.8. The lowest BCUT2D eigenvalue weighted by atomic mass is 10.2. The van der Waals surface area contributed by atoms with E-state index < -0.39 is 0 Å². The molecule has 18 heavy (non-hydrogen) atoms. The van der Waals surface area contributed by atoms with E-state index in [1.54, 1.807) is 0 Å². The van der Waals surface area contributed by atoms with Crippen molar-refractivity contribution in [2.45, 2.75) is 38.4 Å². The van der Waals surface area contributed by atoms with Crippen LogP contribution in [0.5, 0.6) is 0 Å². The Labute approximate surface area is 108 Å². The van der Waals surface area contributed by atoms with Crippen LogP contribution < -0.4 is 5.73 Å². The topological polar surface area (TPSA) is 58.5 Å². The van der Waals surface area contributed by atoms with Crippen molar-refractivity contribution in [2.24, 2.45) is 5.73 Å². The fraction of sp³-hybridized carbons (Fsp3) is 0.769. The molecule has 0 radical (unpaired) electrons. The SMILES string of the molecule is NCc1cc(CN2CCC(N3CCCC3)C2)on1. The molecule has 2 saturated heterocycles. The maximum Gasteiger partial charge on any atom is 0.151 e. The van der Waals surface area contributed by atoms with Crippen molar-refractivity contribution < 1.29 is 4.52 Å². The van der Waals surface area contributed by atoms with Gasteiger partial charge in [-0.2, -0.15) is 0 Å².